The fraction of sp³-hybridized carbons (Fsp3) is 0.938. The minimum atomic E-state index is 0.406. The molecule has 2 saturated carbocycles. The van der Waals surface area contributed by atoms with E-state index in [0.29, 0.717) is 23.5 Å². The van der Waals surface area contributed by atoms with E-state index in [4.69, 9.17) is 4.74 Å². The van der Waals surface area contributed by atoms with Crippen molar-refractivity contribution in [1.82, 2.24) is 10.6 Å². The summed E-state index contributed by atoms with van der Waals surface area (Å²) in [6.45, 7) is 4.19. The molecule has 2 N–H and O–H groups in total. The number of hydrogen-bond donors (Lipinski definition) is 2. The molecule has 20 heavy (non-hydrogen) atoms. The van der Waals surface area contributed by atoms with Crippen molar-refractivity contribution >= 4 is 5.96 Å². The number of hydrogen-bond acceptors (Lipinski definition) is 2. The lowest BCUT2D eigenvalue weighted by molar-refractivity contribution is -0.125. The van der Waals surface area contributed by atoms with Crippen LogP contribution in [0.3, 0.4) is 0 Å². The van der Waals surface area contributed by atoms with Gasteiger partial charge in [0.05, 0.1) is 6.10 Å². The minimum absolute atomic E-state index is 0.406. The van der Waals surface area contributed by atoms with Crippen LogP contribution in [0, 0.1) is 11.3 Å². The van der Waals surface area contributed by atoms with E-state index in [1.54, 1.807) is 0 Å². The van der Waals surface area contributed by atoms with Crippen molar-refractivity contribution in [3.8, 4) is 0 Å². The van der Waals surface area contributed by atoms with Crippen LogP contribution in [-0.2, 0) is 4.74 Å². The van der Waals surface area contributed by atoms with Gasteiger partial charge in [0.1, 0.15) is 0 Å². The Labute approximate surface area is 122 Å². The number of nitrogens with zero attached hydrogens (tertiary/aromatic N) is 1. The maximum absolute atomic E-state index is 6.03. The Kier molecular flexibility index (Phi) is 4.20. The van der Waals surface area contributed by atoms with Gasteiger partial charge >= 0.3 is 0 Å². The second kappa shape index (κ2) is 5.92. The third-order valence-corrected chi connectivity index (χ3v) is 5.62. The van der Waals surface area contributed by atoms with Crippen LogP contribution >= 0.6 is 0 Å². The van der Waals surface area contributed by atoms with Gasteiger partial charge in [-0.1, -0.05) is 26.2 Å². The molecule has 0 bridgehead atoms. The first-order chi connectivity index (χ1) is 9.81. The van der Waals surface area contributed by atoms with E-state index in [0.717, 1.165) is 19.1 Å². The number of fused-ring (bicyclic) bond motifs is 2. The van der Waals surface area contributed by atoms with E-state index in [2.05, 4.69) is 22.5 Å². The number of aliphatic imine (C=N–C) groups is 1. The number of guanidine groups is 1. The molecule has 1 aliphatic heterocycles. The predicted molar refractivity (Wildman–Crippen MR) is 81.9 cm³/mol. The molecule has 3 aliphatic rings. The molecule has 114 valence electrons. The number of unbranched alkanes of at least 4 members (excludes halogenated alkanes) is 1. The summed E-state index contributed by atoms with van der Waals surface area (Å²) in [5, 5.41) is 7.18. The third-order valence-electron chi connectivity index (χ3n) is 5.62. The molecule has 4 heteroatoms. The Morgan fingerprint density at radius 1 is 1.35 bits per heavy atom. The summed E-state index contributed by atoms with van der Waals surface area (Å²) in [4.78, 5) is 4.40. The van der Waals surface area contributed by atoms with Crippen LogP contribution in [0.1, 0.15) is 51.9 Å². The van der Waals surface area contributed by atoms with Crippen LogP contribution in [0.5, 0.6) is 0 Å². The van der Waals surface area contributed by atoms with Gasteiger partial charge in [-0.15, -0.1) is 0 Å². The Balaban J connectivity index is 1.63. The summed E-state index contributed by atoms with van der Waals surface area (Å²) in [6, 6.07) is 0.574. The van der Waals surface area contributed by atoms with Crippen LogP contribution in [0.4, 0.5) is 0 Å². The maximum atomic E-state index is 6.03. The quantitative estimate of drug-likeness (QED) is 0.471. The second-order valence-corrected chi connectivity index (χ2v) is 6.66. The molecule has 4 nitrogen and oxygen atoms in total. The lowest BCUT2D eigenvalue weighted by Gasteiger charge is -2.57. The van der Waals surface area contributed by atoms with E-state index in [1.807, 2.05) is 7.05 Å². The molecule has 0 radical (unpaired) electrons. The Bertz CT molecular complexity index is 363. The molecule has 0 aromatic carbocycles. The van der Waals surface area contributed by atoms with E-state index in [-0.39, 0.29) is 0 Å². The highest BCUT2D eigenvalue weighted by Crippen LogP contribution is 2.60. The zero-order chi connectivity index (χ0) is 14.0. The first-order valence-electron chi connectivity index (χ1n) is 8.40. The molecule has 3 fully saturated rings. The van der Waals surface area contributed by atoms with Crippen molar-refractivity contribution in [2.24, 2.45) is 16.3 Å². The van der Waals surface area contributed by atoms with Crippen molar-refractivity contribution in [2.45, 2.75) is 64.0 Å². The van der Waals surface area contributed by atoms with E-state index >= 15 is 0 Å². The number of ether oxygens (including phenoxy) is 1. The molecule has 0 aromatic heterocycles. The van der Waals surface area contributed by atoms with Crippen molar-refractivity contribution < 1.29 is 4.74 Å². The lowest BCUT2D eigenvalue weighted by Crippen LogP contribution is -2.69. The van der Waals surface area contributed by atoms with Crippen molar-refractivity contribution in [2.75, 3.05) is 20.2 Å². The first kappa shape index (κ1) is 14.2. The molecule has 3 rings (SSSR count). The summed E-state index contributed by atoms with van der Waals surface area (Å²) >= 11 is 0. The van der Waals surface area contributed by atoms with Crippen LogP contribution in [0.25, 0.3) is 0 Å². The fourth-order valence-corrected chi connectivity index (χ4v) is 4.63. The van der Waals surface area contributed by atoms with Gasteiger partial charge in [0, 0.05) is 37.6 Å². The largest absolute Gasteiger partial charge is 0.377 e. The molecule has 1 spiro atoms. The van der Waals surface area contributed by atoms with Gasteiger partial charge in [-0.25, -0.2) is 0 Å². The van der Waals surface area contributed by atoms with E-state index in [1.165, 1.54) is 44.9 Å². The number of rotatable bonds is 4. The summed E-state index contributed by atoms with van der Waals surface area (Å²) in [5.74, 6) is 1.69. The monoisotopic (exact) mass is 279 g/mol. The normalized spacial score (nSPS) is 34.9. The van der Waals surface area contributed by atoms with Crippen LogP contribution < -0.4 is 10.6 Å². The van der Waals surface area contributed by atoms with Crippen molar-refractivity contribution in [1.29, 1.82) is 0 Å². The highest BCUT2D eigenvalue weighted by Gasteiger charge is 2.65. The molecular weight excluding hydrogens is 250 g/mol. The van der Waals surface area contributed by atoms with Crippen molar-refractivity contribution in [3.63, 3.8) is 0 Å². The zero-order valence-corrected chi connectivity index (χ0v) is 13.0. The van der Waals surface area contributed by atoms with Crippen LogP contribution in [0.15, 0.2) is 4.99 Å². The van der Waals surface area contributed by atoms with E-state index < -0.39 is 0 Å². The molecule has 0 amide bonds. The standard InChI is InChI=1S/C16H29N3O/c1-3-4-10-18-15(17-2)19-13-12-7-11-20-14(12)16(13)8-5-6-9-16/h12-14H,3-11H2,1-2H3,(H2,17,18,19). The van der Waals surface area contributed by atoms with Gasteiger partial charge in [0.15, 0.2) is 5.96 Å². The summed E-state index contributed by atoms with van der Waals surface area (Å²) in [7, 11) is 1.88. The SMILES string of the molecule is CCCCNC(=NC)NC1C2CCOC2C12CCCC2. The molecule has 0 aromatic rings. The molecule has 2 aliphatic carbocycles. The average Bonchev–Trinajstić information content (AvgIpc) is 3.10. The zero-order valence-electron chi connectivity index (χ0n) is 13.0. The summed E-state index contributed by atoms with van der Waals surface area (Å²) in [6.07, 6.45) is 9.56. The van der Waals surface area contributed by atoms with Crippen LogP contribution in [-0.4, -0.2) is 38.3 Å². The number of nitrogens with one attached hydrogen (secondary N) is 2. The minimum Gasteiger partial charge on any atom is -0.377 e. The van der Waals surface area contributed by atoms with Gasteiger partial charge in [0.2, 0.25) is 0 Å². The third kappa shape index (κ3) is 2.22. The topological polar surface area (TPSA) is 45.7 Å². The summed E-state index contributed by atoms with van der Waals surface area (Å²) in [5.41, 5.74) is 0.406. The van der Waals surface area contributed by atoms with Gasteiger partial charge in [-0.2, -0.15) is 0 Å². The van der Waals surface area contributed by atoms with Gasteiger partial charge in [-0.05, 0) is 25.7 Å². The van der Waals surface area contributed by atoms with E-state index in [9.17, 15) is 0 Å². The summed E-state index contributed by atoms with van der Waals surface area (Å²) < 4.78 is 6.03. The maximum Gasteiger partial charge on any atom is 0.191 e. The molecule has 1 heterocycles. The van der Waals surface area contributed by atoms with Gasteiger partial charge in [0.25, 0.3) is 0 Å². The van der Waals surface area contributed by atoms with Crippen LogP contribution in [0.2, 0.25) is 0 Å². The lowest BCUT2D eigenvalue weighted by atomic mass is 9.54. The van der Waals surface area contributed by atoms with Crippen molar-refractivity contribution in [3.05, 3.63) is 0 Å². The molecule has 1 saturated heterocycles. The Morgan fingerprint density at radius 3 is 2.85 bits per heavy atom. The Hall–Kier alpha value is -0.770. The highest BCUT2D eigenvalue weighted by atomic mass is 16.5. The van der Waals surface area contributed by atoms with Gasteiger partial charge in [-0.3, -0.25) is 4.99 Å². The smallest absolute Gasteiger partial charge is 0.191 e. The highest BCUT2D eigenvalue weighted by molar-refractivity contribution is 5.80. The fourth-order valence-electron chi connectivity index (χ4n) is 4.63. The molecule has 3 atom stereocenters. The average molecular weight is 279 g/mol. The first-order valence-corrected chi connectivity index (χ1v) is 8.40. The van der Waals surface area contributed by atoms with Gasteiger partial charge < -0.3 is 15.4 Å². The Morgan fingerprint density at radius 2 is 2.15 bits per heavy atom. The second-order valence-electron chi connectivity index (χ2n) is 6.66. The predicted octanol–water partition coefficient (Wildman–Crippen LogP) is 2.30. The molecule has 3 unspecified atom stereocenters. The molecular formula is C16H29N3O.